The number of rotatable bonds is 0. The molecule has 0 aliphatic heterocycles. The van der Waals surface area contributed by atoms with Crippen molar-refractivity contribution in [3.8, 4) is 0 Å². The van der Waals surface area contributed by atoms with E-state index < -0.39 is 0 Å². The second kappa shape index (κ2) is 6.37. The van der Waals surface area contributed by atoms with E-state index >= 15 is 0 Å². The molecule has 0 atom stereocenters. The Kier molecular flexibility index (Phi) is 6.55. The maximum Gasteiger partial charge on any atom is 0.0336 e. The van der Waals surface area contributed by atoms with Gasteiger partial charge in [0.15, 0.2) is 0 Å². The predicted molar refractivity (Wildman–Crippen MR) is 42.8 cm³/mol. The summed E-state index contributed by atoms with van der Waals surface area (Å²) in [5.41, 5.74) is 4.50. The van der Waals surface area contributed by atoms with Gasteiger partial charge in [0.25, 0.3) is 0 Å². The fourth-order valence-electron chi connectivity index (χ4n) is 1.05. The molecule has 1 saturated carbocycles. The third-order valence-corrected chi connectivity index (χ3v) is 1.97. The molecule has 0 aromatic carbocycles. The highest BCUT2D eigenvalue weighted by atomic mass is 35.5. The van der Waals surface area contributed by atoms with Gasteiger partial charge in [-0.2, -0.15) is 0 Å². The topological polar surface area (TPSA) is 26.0 Å². The molecular weight excluding hydrogens is 134 g/mol. The van der Waals surface area contributed by atoms with E-state index in [0.717, 1.165) is 0 Å². The van der Waals surface area contributed by atoms with E-state index in [1.54, 1.807) is 0 Å². The first-order valence-corrected chi connectivity index (χ1v) is 4.05. The van der Waals surface area contributed by atoms with Crippen LogP contribution in [-0.2, 0) is 0 Å². The molecule has 0 bridgehead atoms. The van der Waals surface area contributed by atoms with Crippen LogP contribution in [0.1, 0.15) is 32.1 Å². The van der Waals surface area contributed by atoms with Crippen molar-refractivity contribution in [1.29, 1.82) is 0 Å². The van der Waals surface area contributed by atoms with Crippen LogP contribution >= 0.6 is 11.6 Å². The lowest BCUT2D eigenvalue weighted by Gasteiger charge is -2.13. The van der Waals surface area contributed by atoms with Gasteiger partial charge < -0.3 is 5.73 Å². The van der Waals surface area contributed by atoms with Crippen molar-refractivity contribution >= 4 is 11.6 Å². The SMILES string of the molecule is CN.ClC1CCCCC1. The molecule has 1 aliphatic rings. The van der Waals surface area contributed by atoms with E-state index in [9.17, 15) is 0 Å². The van der Waals surface area contributed by atoms with Crippen LogP contribution in [0.3, 0.4) is 0 Å². The van der Waals surface area contributed by atoms with E-state index in [-0.39, 0.29) is 0 Å². The van der Waals surface area contributed by atoms with Crippen molar-refractivity contribution in [1.82, 2.24) is 0 Å². The van der Waals surface area contributed by atoms with Crippen LogP contribution in [0.15, 0.2) is 0 Å². The second-order valence-corrected chi connectivity index (χ2v) is 2.85. The van der Waals surface area contributed by atoms with Gasteiger partial charge in [-0.05, 0) is 19.9 Å². The summed E-state index contributed by atoms with van der Waals surface area (Å²) >= 11 is 5.82. The highest BCUT2D eigenvalue weighted by Gasteiger charge is 2.08. The average Bonchev–Trinajstić information content (AvgIpc) is 1.94. The summed E-state index contributed by atoms with van der Waals surface area (Å²) in [5.74, 6) is 0. The number of nitrogens with two attached hydrogens (primary N) is 1. The van der Waals surface area contributed by atoms with Gasteiger partial charge in [0, 0.05) is 5.38 Å². The third kappa shape index (κ3) is 4.73. The molecule has 1 fully saturated rings. The third-order valence-electron chi connectivity index (χ3n) is 1.53. The quantitative estimate of drug-likeness (QED) is 0.525. The van der Waals surface area contributed by atoms with E-state index in [1.807, 2.05) is 0 Å². The molecule has 0 aromatic heterocycles. The van der Waals surface area contributed by atoms with Gasteiger partial charge in [0.2, 0.25) is 0 Å². The first-order chi connectivity index (χ1) is 4.39. The molecule has 56 valence electrons. The molecule has 2 heteroatoms. The summed E-state index contributed by atoms with van der Waals surface area (Å²) in [7, 11) is 1.50. The Bertz CT molecular complexity index is 50.9. The molecule has 1 nitrogen and oxygen atoms in total. The number of alkyl halides is 1. The minimum Gasteiger partial charge on any atom is -0.333 e. The zero-order valence-corrected chi connectivity index (χ0v) is 6.82. The second-order valence-electron chi connectivity index (χ2n) is 2.24. The summed E-state index contributed by atoms with van der Waals surface area (Å²) < 4.78 is 0. The Hall–Kier alpha value is 0.250. The predicted octanol–water partition coefficient (Wildman–Crippen LogP) is 2.13. The molecule has 0 heterocycles. The van der Waals surface area contributed by atoms with Gasteiger partial charge in [-0.1, -0.05) is 19.3 Å². The standard InChI is InChI=1S/C6H11Cl.CH5N/c7-6-4-2-1-3-5-6;1-2/h6H,1-5H2;2H2,1H3. The van der Waals surface area contributed by atoms with Crippen LogP contribution in [0.5, 0.6) is 0 Å². The van der Waals surface area contributed by atoms with Crippen LogP contribution < -0.4 is 5.73 Å². The monoisotopic (exact) mass is 149 g/mol. The Morgan fingerprint density at radius 1 is 1.11 bits per heavy atom. The maximum atomic E-state index is 5.82. The summed E-state index contributed by atoms with van der Waals surface area (Å²) in [6, 6.07) is 0. The smallest absolute Gasteiger partial charge is 0.0336 e. The van der Waals surface area contributed by atoms with E-state index in [2.05, 4.69) is 5.73 Å². The van der Waals surface area contributed by atoms with Gasteiger partial charge >= 0.3 is 0 Å². The minimum absolute atomic E-state index is 0.508. The lowest BCUT2D eigenvalue weighted by atomic mass is 10.0. The summed E-state index contributed by atoms with van der Waals surface area (Å²) in [6.07, 6.45) is 6.62. The zero-order chi connectivity index (χ0) is 7.11. The number of hydrogen-bond acceptors (Lipinski definition) is 1. The first-order valence-electron chi connectivity index (χ1n) is 3.61. The van der Waals surface area contributed by atoms with Gasteiger partial charge in [-0.25, -0.2) is 0 Å². The molecule has 0 amide bonds. The van der Waals surface area contributed by atoms with Crippen LogP contribution in [0.25, 0.3) is 0 Å². The molecule has 0 radical (unpaired) electrons. The largest absolute Gasteiger partial charge is 0.333 e. The molecule has 2 N–H and O–H groups in total. The molecule has 1 rings (SSSR count). The summed E-state index contributed by atoms with van der Waals surface area (Å²) in [5, 5.41) is 0.508. The molecule has 0 spiro atoms. The van der Waals surface area contributed by atoms with E-state index in [4.69, 9.17) is 11.6 Å². The Labute approximate surface area is 62.6 Å². The highest BCUT2D eigenvalue weighted by Crippen LogP contribution is 2.21. The van der Waals surface area contributed by atoms with Crippen LogP contribution in [0.4, 0.5) is 0 Å². The number of hydrogen-bond donors (Lipinski definition) is 1. The normalized spacial score (nSPS) is 20.3. The molecular formula is C7H16ClN. The first kappa shape index (κ1) is 9.25. The molecule has 0 saturated heterocycles. The Morgan fingerprint density at radius 2 is 1.56 bits per heavy atom. The van der Waals surface area contributed by atoms with Gasteiger partial charge in [0.05, 0.1) is 0 Å². The van der Waals surface area contributed by atoms with Gasteiger partial charge in [-0.3, -0.25) is 0 Å². The molecule has 1 aliphatic carbocycles. The highest BCUT2D eigenvalue weighted by molar-refractivity contribution is 6.20. The van der Waals surface area contributed by atoms with Crippen molar-refractivity contribution in [2.24, 2.45) is 5.73 Å². The van der Waals surface area contributed by atoms with Gasteiger partial charge in [0.1, 0.15) is 0 Å². The minimum atomic E-state index is 0.508. The van der Waals surface area contributed by atoms with Crippen LogP contribution in [0.2, 0.25) is 0 Å². The van der Waals surface area contributed by atoms with E-state index in [0.29, 0.717) is 5.38 Å². The molecule has 9 heavy (non-hydrogen) atoms. The van der Waals surface area contributed by atoms with Crippen molar-refractivity contribution in [2.45, 2.75) is 37.5 Å². The number of halogens is 1. The lowest BCUT2D eigenvalue weighted by molar-refractivity contribution is 0.511. The van der Waals surface area contributed by atoms with E-state index in [1.165, 1.54) is 39.2 Å². The fourth-order valence-corrected chi connectivity index (χ4v) is 1.36. The lowest BCUT2D eigenvalue weighted by Crippen LogP contribution is -2.03. The van der Waals surface area contributed by atoms with Crippen LogP contribution in [0, 0.1) is 0 Å². The van der Waals surface area contributed by atoms with Gasteiger partial charge in [-0.15, -0.1) is 11.6 Å². The fraction of sp³-hybridized carbons (Fsp3) is 1.00. The molecule has 0 aromatic rings. The molecule has 0 unspecified atom stereocenters. The summed E-state index contributed by atoms with van der Waals surface area (Å²) in [6.45, 7) is 0. The zero-order valence-electron chi connectivity index (χ0n) is 6.07. The van der Waals surface area contributed by atoms with Crippen molar-refractivity contribution < 1.29 is 0 Å². The summed E-state index contributed by atoms with van der Waals surface area (Å²) in [4.78, 5) is 0. The Balaban J connectivity index is 0.000000291. The van der Waals surface area contributed by atoms with Crippen LogP contribution in [-0.4, -0.2) is 12.4 Å². The maximum absolute atomic E-state index is 5.82. The van der Waals surface area contributed by atoms with Crippen molar-refractivity contribution in [3.05, 3.63) is 0 Å². The Morgan fingerprint density at radius 3 is 1.78 bits per heavy atom. The average molecular weight is 150 g/mol. The van der Waals surface area contributed by atoms with Crippen molar-refractivity contribution in [2.75, 3.05) is 7.05 Å². The van der Waals surface area contributed by atoms with Crippen molar-refractivity contribution in [3.63, 3.8) is 0 Å².